The van der Waals surface area contributed by atoms with Crippen LogP contribution in [0.3, 0.4) is 0 Å². The monoisotopic (exact) mass is 356 g/mol. The van der Waals surface area contributed by atoms with Crippen molar-refractivity contribution in [2.24, 2.45) is 0 Å². The number of para-hydroxylation sites is 1. The molecule has 7 heteroatoms. The summed E-state index contributed by atoms with van der Waals surface area (Å²) in [6, 6.07) is 9.49. The van der Waals surface area contributed by atoms with Crippen molar-refractivity contribution >= 4 is 38.9 Å². The van der Waals surface area contributed by atoms with Crippen molar-refractivity contribution in [3.63, 3.8) is 0 Å². The smallest absolute Gasteiger partial charge is 0.292 e. The second-order valence-corrected chi connectivity index (χ2v) is 5.31. The lowest BCUT2D eigenvalue weighted by Gasteiger charge is -2.09. The molecule has 2 rings (SSSR count). The number of nitrogens with zero attached hydrogens (tertiary/aromatic N) is 1. The van der Waals surface area contributed by atoms with E-state index in [1.165, 1.54) is 18.2 Å². The molecule has 0 aliphatic heterocycles. The van der Waals surface area contributed by atoms with Gasteiger partial charge in [0.15, 0.2) is 0 Å². The Labute approximate surface area is 128 Å². The quantitative estimate of drug-likeness (QED) is 0.631. The van der Waals surface area contributed by atoms with Crippen molar-refractivity contribution in [1.82, 2.24) is 0 Å². The molecule has 0 unspecified atom stereocenters. The molecule has 0 aliphatic carbocycles. The molecule has 0 saturated heterocycles. The largest absolute Gasteiger partial charge is 0.506 e. The van der Waals surface area contributed by atoms with Crippen LogP contribution < -0.4 is 5.32 Å². The van der Waals surface area contributed by atoms with Crippen molar-refractivity contribution in [3.8, 4) is 5.75 Å². The zero-order valence-electron chi connectivity index (χ0n) is 10.1. The number of hydrogen-bond acceptors (Lipinski definition) is 4. The third kappa shape index (κ3) is 3.20. The van der Waals surface area contributed by atoms with Crippen LogP contribution in [-0.2, 0) is 6.54 Å². The molecule has 0 amide bonds. The van der Waals surface area contributed by atoms with Gasteiger partial charge in [0.2, 0.25) is 0 Å². The van der Waals surface area contributed by atoms with E-state index in [4.69, 9.17) is 11.6 Å². The number of phenolic OH excluding ortho intramolecular Hbond substituents is 1. The SMILES string of the molecule is O=[N+]([O-])c1ccc(Cl)cc1NCc1cccc(Br)c1O. The van der Waals surface area contributed by atoms with Crippen LogP contribution in [0.5, 0.6) is 5.75 Å². The average Bonchev–Trinajstić information content (AvgIpc) is 2.40. The Balaban J connectivity index is 2.24. The maximum atomic E-state index is 10.9. The number of hydrogen-bond donors (Lipinski definition) is 2. The molecule has 5 nitrogen and oxygen atoms in total. The van der Waals surface area contributed by atoms with Gasteiger partial charge in [-0.1, -0.05) is 23.7 Å². The highest BCUT2D eigenvalue weighted by Gasteiger charge is 2.14. The summed E-state index contributed by atoms with van der Waals surface area (Å²) in [5.74, 6) is 0.102. The molecule has 0 atom stereocenters. The normalized spacial score (nSPS) is 10.3. The molecule has 0 aromatic heterocycles. The van der Waals surface area contributed by atoms with E-state index in [2.05, 4.69) is 21.2 Å². The van der Waals surface area contributed by atoms with Crippen molar-refractivity contribution in [2.45, 2.75) is 6.54 Å². The molecule has 0 saturated carbocycles. The zero-order valence-corrected chi connectivity index (χ0v) is 12.5. The van der Waals surface area contributed by atoms with E-state index < -0.39 is 4.92 Å². The van der Waals surface area contributed by atoms with Gasteiger partial charge in [0.1, 0.15) is 11.4 Å². The topological polar surface area (TPSA) is 75.4 Å². The van der Waals surface area contributed by atoms with Gasteiger partial charge >= 0.3 is 0 Å². The molecule has 0 spiro atoms. The Morgan fingerprint density at radius 1 is 1.35 bits per heavy atom. The summed E-state index contributed by atoms with van der Waals surface area (Å²) in [7, 11) is 0. The van der Waals surface area contributed by atoms with Gasteiger partial charge < -0.3 is 10.4 Å². The van der Waals surface area contributed by atoms with Crippen molar-refractivity contribution in [3.05, 3.63) is 61.6 Å². The summed E-state index contributed by atoms with van der Waals surface area (Å²) in [4.78, 5) is 10.4. The minimum atomic E-state index is -0.487. The maximum absolute atomic E-state index is 10.9. The molecule has 2 N–H and O–H groups in total. The van der Waals surface area contributed by atoms with E-state index >= 15 is 0 Å². The molecule has 104 valence electrons. The third-order valence-electron chi connectivity index (χ3n) is 2.69. The van der Waals surface area contributed by atoms with E-state index in [1.54, 1.807) is 18.2 Å². The zero-order chi connectivity index (χ0) is 14.7. The van der Waals surface area contributed by atoms with Crippen LogP contribution in [0.15, 0.2) is 40.9 Å². The Bertz CT molecular complexity index is 664. The first-order valence-electron chi connectivity index (χ1n) is 5.63. The maximum Gasteiger partial charge on any atom is 0.292 e. The van der Waals surface area contributed by atoms with Crippen LogP contribution in [0.4, 0.5) is 11.4 Å². The molecule has 2 aromatic carbocycles. The summed E-state index contributed by atoms with van der Waals surface area (Å²) in [5, 5.41) is 24.1. The van der Waals surface area contributed by atoms with Crippen molar-refractivity contribution < 1.29 is 10.0 Å². The first-order valence-corrected chi connectivity index (χ1v) is 6.80. The molecule has 0 bridgehead atoms. The van der Waals surface area contributed by atoms with E-state index in [1.807, 2.05) is 0 Å². The van der Waals surface area contributed by atoms with Crippen LogP contribution in [0.1, 0.15) is 5.56 Å². The summed E-state index contributed by atoms with van der Waals surface area (Å²) < 4.78 is 0.567. The number of aromatic hydroxyl groups is 1. The molecular formula is C13H10BrClN2O3. The second kappa shape index (κ2) is 6.11. The van der Waals surface area contributed by atoms with E-state index in [0.717, 1.165) is 0 Å². The standard InChI is InChI=1S/C13H10BrClN2O3/c14-10-3-1-2-8(13(10)18)7-16-11-6-9(15)4-5-12(11)17(19)20/h1-6,16,18H,7H2. The van der Waals surface area contributed by atoms with Crippen LogP contribution in [0.25, 0.3) is 0 Å². The van der Waals surface area contributed by atoms with Crippen LogP contribution in [0.2, 0.25) is 5.02 Å². The minimum absolute atomic E-state index is 0.0658. The predicted octanol–water partition coefficient (Wildman–Crippen LogP) is 4.33. The van der Waals surface area contributed by atoms with Gasteiger partial charge in [-0.2, -0.15) is 0 Å². The van der Waals surface area contributed by atoms with Crippen molar-refractivity contribution in [1.29, 1.82) is 0 Å². The highest BCUT2D eigenvalue weighted by molar-refractivity contribution is 9.10. The van der Waals surface area contributed by atoms with E-state index in [9.17, 15) is 15.2 Å². The predicted molar refractivity (Wildman–Crippen MR) is 81.2 cm³/mol. The highest BCUT2D eigenvalue weighted by atomic mass is 79.9. The van der Waals surface area contributed by atoms with Crippen LogP contribution in [0, 0.1) is 10.1 Å². The fraction of sp³-hybridized carbons (Fsp3) is 0.0769. The lowest BCUT2D eigenvalue weighted by molar-refractivity contribution is -0.384. The number of nitro benzene ring substituents is 1. The first-order chi connectivity index (χ1) is 9.49. The summed E-state index contributed by atoms with van der Waals surface area (Å²) in [6.45, 7) is 0.243. The molecule has 0 aliphatic rings. The number of halogens is 2. The van der Waals surface area contributed by atoms with Gasteiger partial charge in [-0.15, -0.1) is 0 Å². The van der Waals surface area contributed by atoms with Gasteiger partial charge in [0.05, 0.1) is 9.40 Å². The Morgan fingerprint density at radius 3 is 2.80 bits per heavy atom. The lowest BCUT2D eigenvalue weighted by atomic mass is 10.2. The molecule has 20 heavy (non-hydrogen) atoms. The Hall–Kier alpha value is -1.79. The molecule has 2 aromatic rings. The Kier molecular flexibility index (Phi) is 4.46. The summed E-state index contributed by atoms with van der Waals surface area (Å²) in [5.41, 5.74) is 0.861. The molecule has 0 radical (unpaired) electrons. The Morgan fingerprint density at radius 2 is 2.10 bits per heavy atom. The fourth-order valence-corrected chi connectivity index (χ4v) is 2.28. The van der Waals surface area contributed by atoms with Gasteiger partial charge in [0.25, 0.3) is 5.69 Å². The van der Waals surface area contributed by atoms with Gasteiger partial charge in [-0.05, 0) is 34.1 Å². The lowest BCUT2D eigenvalue weighted by Crippen LogP contribution is -2.03. The van der Waals surface area contributed by atoms with E-state index in [0.29, 0.717) is 20.7 Å². The number of nitro groups is 1. The van der Waals surface area contributed by atoms with Crippen LogP contribution in [-0.4, -0.2) is 10.0 Å². The molecule has 0 heterocycles. The number of benzene rings is 2. The second-order valence-electron chi connectivity index (χ2n) is 4.02. The summed E-state index contributed by atoms with van der Waals surface area (Å²) in [6.07, 6.45) is 0. The fourth-order valence-electron chi connectivity index (χ4n) is 1.70. The summed E-state index contributed by atoms with van der Waals surface area (Å²) >= 11 is 9.05. The number of nitrogens with one attached hydrogen (secondary N) is 1. The highest BCUT2D eigenvalue weighted by Crippen LogP contribution is 2.31. The minimum Gasteiger partial charge on any atom is -0.506 e. The average molecular weight is 358 g/mol. The number of phenols is 1. The van der Waals surface area contributed by atoms with E-state index in [-0.39, 0.29) is 18.0 Å². The molecular weight excluding hydrogens is 348 g/mol. The third-order valence-corrected chi connectivity index (χ3v) is 3.57. The van der Waals surface area contributed by atoms with Gasteiger partial charge in [-0.3, -0.25) is 10.1 Å². The molecule has 0 fully saturated rings. The van der Waals surface area contributed by atoms with Crippen molar-refractivity contribution in [2.75, 3.05) is 5.32 Å². The number of rotatable bonds is 4. The van der Waals surface area contributed by atoms with Gasteiger partial charge in [0, 0.05) is 23.2 Å². The number of anilines is 1. The van der Waals surface area contributed by atoms with Crippen LogP contribution >= 0.6 is 27.5 Å². The van der Waals surface area contributed by atoms with Gasteiger partial charge in [-0.25, -0.2) is 0 Å². The first kappa shape index (κ1) is 14.6.